The Morgan fingerprint density at radius 1 is 0.962 bits per heavy atom. The van der Waals surface area contributed by atoms with E-state index in [4.69, 9.17) is 4.74 Å². The zero-order valence-electron chi connectivity index (χ0n) is 14.2. The van der Waals surface area contributed by atoms with Gasteiger partial charge in [0.15, 0.2) is 0 Å². The smallest absolute Gasteiger partial charge is 0.124 e. The van der Waals surface area contributed by atoms with Crippen LogP contribution < -0.4 is 10.1 Å². The van der Waals surface area contributed by atoms with Crippen molar-refractivity contribution in [1.29, 1.82) is 0 Å². The number of aryl methyl sites for hydroxylation is 1. The summed E-state index contributed by atoms with van der Waals surface area (Å²) in [6, 6.07) is 18.5. The number of benzene rings is 3. The van der Waals surface area contributed by atoms with Crippen molar-refractivity contribution in [1.82, 2.24) is 0 Å². The Hall–Kier alpha value is -1.85. The molecule has 0 unspecified atom stereocenters. The van der Waals surface area contributed by atoms with Gasteiger partial charge in [0.1, 0.15) is 18.2 Å². The summed E-state index contributed by atoms with van der Waals surface area (Å²) in [6.07, 6.45) is 0. The minimum Gasteiger partial charge on any atom is -0.489 e. The first-order valence-corrected chi connectivity index (χ1v) is 9.75. The van der Waals surface area contributed by atoms with Gasteiger partial charge in [0.25, 0.3) is 0 Å². The molecule has 0 aromatic heterocycles. The standard InChI is InChI=1S/C21H18Br2FNO/c1-14-9-17(22)5-7-20(14)25-12-16-11-18(23)6-8-21(16)26-13-15-3-2-4-19(24)10-15/h2-11,25H,12-13H2,1H3. The van der Waals surface area contributed by atoms with Crippen LogP contribution in [-0.2, 0) is 13.2 Å². The lowest BCUT2D eigenvalue weighted by Gasteiger charge is -2.15. The molecule has 3 aromatic rings. The summed E-state index contributed by atoms with van der Waals surface area (Å²) in [5.41, 5.74) is 4.06. The molecule has 0 amide bonds. The minimum atomic E-state index is -0.255. The van der Waals surface area contributed by atoms with Crippen LogP contribution in [0.5, 0.6) is 5.75 Å². The van der Waals surface area contributed by atoms with Crippen molar-refractivity contribution < 1.29 is 9.13 Å². The van der Waals surface area contributed by atoms with E-state index in [1.807, 2.05) is 36.4 Å². The zero-order valence-corrected chi connectivity index (χ0v) is 17.4. The highest BCUT2D eigenvalue weighted by molar-refractivity contribution is 9.10. The lowest BCUT2D eigenvalue weighted by molar-refractivity contribution is 0.302. The predicted octanol–water partition coefficient (Wildman–Crippen LogP) is 6.85. The fraction of sp³-hybridized carbons (Fsp3) is 0.143. The third-order valence-electron chi connectivity index (χ3n) is 3.96. The van der Waals surface area contributed by atoms with Crippen molar-refractivity contribution >= 4 is 37.5 Å². The molecule has 0 aliphatic heterocycles. The lowest BCUT2D eigenvalue weighted by atomic mass is 10.1. The van der Waals surface area contributed by atoms with Gasteiger partial charge in [-0.05, 0) is 66.6 Å². The summed E-state index contributed by atoms with van der Waals surface area (Å²) in [5, 5.41) is 3.45. The number of halogens is 3. The first kappa shape index (κ1) is 18.9. The van der Waals surface area contributed by atoms with Gasteiger partial charge in [-0.15, -0.1) is 0 Å². The fourth-order valence-corrected chi connectivity index (χ4v) is 3.51. The molecule has 0 radical (unpaired) electrons. The SMILES string of the molecule is Cc1cc(Br)ccc1NCc1cc(Br)ccc1OCc1cccc(F)c1. The first-order chi connectivity index (χ1) is 12.5. The number of ether oxygens (including phenoxy) is 1. The molecule has 0 heterocycles. The second-order valence-electron chi connectivity index (χ2n) is 5.98. The maximum absolute atomic E-state index is 13.3. The summed E-state index contributed by atoms with van der Waals surface area (Å²) in [4.78, 5) is 0. The van der Waals surface area contributed by atoms with Crippen molar-refractivity contribution in [2.75, 3.05) is 5.32 Å². The van der Waals surface area contributed by atoms with E-state index in [1.54, 1.807) is 6.07 Å². The van der Waals surface area contributed by atoms with E-state index in [0.29, 0.717) is 13.2 Å². The van der Waals surface area contributed by atoms with Gasteiger partial charge in [-0.2, -0.15) is 0 Å². The van der Waals surface area contributed by atoms with Gasteiger partial charge >= 0.3 is 0 Å². The number of hydrogen-bond donors (Lipinski definition) is 1. The molecule has 3 rings (SSSR count). The van der Waals surface area contributed by atoms with Crippen LogP contribution in [0.2, 0.25) is 0 Å². The molecule has 0 saturated heterocycles. The van der Waals surface area contributed by atoms with E-state index >= 15 is 0 Å². The van der Waals surface area contributed by atoms with Crippen molar-refractivity contribution in [3.05, 3.63) is 92.1 Å². The molecule has 0 bridgehead atoms. The van der Waals surface area contributed by atoms with Crippen LogP contribution in [-0.4, -0.2) is 0 Å². The van der Waals surface area contributed by atoms with Crippen LogP contribution in [0, 0.1) is 12.7 Å². The minimum absolute atomic E-state index is 0.255. The number of rotatable bonds is 6. The van der Waals surface area contributed by atoms with Gasteiger partial charge in [-0.25, -0.2) is 4.39 Å². The number of nitrogens with one attached hydrogen (secondary N) is 1. The second kappa shape index (κ2) is 8.69. The van der Waals surface area contributed by atoms with Crippen LogP contribution in [0.3, 0.4) is 0 Å². The molecule has 5 heteroatoms. The molecule has 0 aliphatic carbocycles. The zero-order chi connectivity index (χ0) is 18.5. The molecule has 0 aliphatic rings. The van der Waals surface area contributed by atoms with E-state index in [9.17, 15) is 4.39 Å². The molecule has 3 aromatic carbocycles. The van der Waals surface area contributed by atoms with Gasteiger partial charge in [0.2, 0.25) is 0 Å². The van der Waals surface area contributed by atoms with Gasteiger partial charge in [0.05, 0.1) is 0 Å². The predicted molar refractivity (Wildman–Crippen MR) is 111 cm³/mol. The molecule has 2 nitrogen and oxygen atoms in total. The fourth-order valence-electron chi connectivity index (χ4n) is 2.63. The highest BCUT2D eigenvalue weighted by Gasteiger charge is 2.07. The van der Waals surface area contributed by atoms with Crippen molar-refractivity contribution in [2.24, 2.45) is 0 Å². The van der Waals surface area contributed by atoms with E-state index in [0.717, 1.165) is 37.1 Å². The maximum Gasteiger partial charge on any atom is 0.124 e. The maximum atomic E-state index is 13.3. The lowest BCUT2D eigenvalue weighted by Crippen LogP contribution is -2.05. The molecule has 0 fully saturated rings. The highest BCUT2D eigenvalue weighted by atomic mass is 79.9. The second-order valence-corrected chi connectivity index (χ2v) is 7.81. The molecule has 0 saturated carbocycles. The summed E-state index contributed by atoms with van der Waals surface area (Å²) in [7, 11) is 0. The Labute approximate surface area is 169 Å². The van der Waals surface area contributed by atoms with Crippen LogP contribution in [0.1, 0.15) is 16.7 Å². The van der Waals surface area contributed by atoms with Gasteiger partial charge in [0, 0.05) is 26.7 Å². The number of anilines is 1. The van der Waals surface area contributed by atoms with E-state index in [2.05, 4.69) is 50.2 Å². The Balaban J connectivity index is 1.73. The summed E-state index contributed by atoms with van der Waals surface area (Å²) >= 11 is 6.99. The van der Waals surface area contributed by atoms with Gasteiger partial charge < -0.3 is 10.1 Å². The van der Waals surface area contributed by atoms with E-state index in [-0.39, 0.29) is 5.82 Å². The Morgan fingerprint density at radius 2 is 1.73 bits per heavy atom. The summed E-state index contributed by atoms with van der Waals surface area (Å²) in [6.45, 7) is 3.01. The average Bonchev–Trinajstić information content (AvgIpc) is 2.60. The normalized spacial score (nSPS) is 10.6. The Kier molecular flexibility index (Phi) is 6.33. The third-order valence-corrected chi connectivity index (χ3v) is 4.95. The molecular weight excluding hydrogens is 461 g/mol. The largest absolute Gasteiger partial charge is 0.489 e. The molecule has 134 valence electrons. The highest BCUT2D eigenvalue weighted by Crippen LogP contribution is 2.26. The van der Waals surface area contributed by atoms with Crippen LogP contribution in [0.25, 0.3) is 0 Å². The van der Waals surface area contributed by atoms with E-state index in [1.165, 1.54) is 12.1 Å². The average molecular weight is 479 g/mol. The quantitative estimate of drug-likeness (QED) is 0.418. The van der Waals surface area contributed by atoms with Gasteiger partial charge in [-0.3, -0.25) is 0 Å². The van der Waals surface area contributed by atoms with Gasteiger partial charge in [-0.1, -0.05) is 44.0 Å². The van der Waals surface area contributed by atoms with Crippen LogP contribution in [0.15, 0.2) is 69.6 Å². The summed E-state index contributed by atoms with van der Waals surface area (Å²) < 4.78 is 21.3. The van der Waals surface area contributed by atoms with Crippen molar-refractivity contribution in [3.63, 3.8) is 0 Å². The van der Waals surface area contributed by atoms with Crippen LogP contribution in [0.4, 0.5) is 10.1 Å². The molecule has 0 atom stereocenters. The van der Waals surface area contributed by atoms with Crippen LogP contribution >= 0.6 is 31.9 Å². The summed E-state index contributed by atoms with van der Waals surface area (Å²) in [5.74, 6) is 0.522. The van der Waals surface area contributed by atoms with Crippen molar-refractivity contribution in [3.8, 4) is 5.75 Å². The number of hydrogen-bond acceptors (Lipinski definition) is 2. The molecule has 1 N–H and O–H groups in total. The first-order valence-electron chi connectivity index (χ1n) is 8.17. The molecular formula is C21H18Br2FNO. The molecule has 26 heavy (non-hydrogen) atoms. The Morgan fingerprint density at radius 3 is 2.50 bits per heavy atom. The van der Waals surface area contributed by atoms with Crippen molar-refractivity contribution in [2.45, 2.75) is 20.1 Å². The topological polar surface area (TPSA) is 21.3 Å². The molecule has 0 spiro atoms. The van der Waals surface area contributed by atoms with E-state index < -0.39 is 0 Å². The Bertz CT molecular complexity index is 914. The monoisotopic (exact) mass is 477 g/mol. The third kappa shape index (κ3) is 5.08.